The van der Waals surface area contributed by atoms with Gasteiger partial charge < -0.3 is 10.4 Å². The SMILES string of the molecule is C=C(C)C(=O)NCCCCCCCCC(=O)O.CC.CCC. The number of carboxylic acid groups (broad SMARTS) is 1. The minimum absolute atomic E-state index is 0.0774. The van der Waals surface area contributed by atoms with Crippen LogP contribution < -0.4 is 5.32 Å². The van der Waals surface area contributed by atoms with E-state index in [1.165, 1.54) is 6.42 Å². The van der Waals surface area contributed by atoms with E-state index in [1.807, 2.05) is 13.8 Å². The number of carbonyl (C=O) groups is 2. The number of amides is 1. The second kappa shape index (κ2) is 22.0. The molecule has 0 aliphatic carbocycles. The summed E-state index contributed by atoms with van der Waals surface area (Å²) in [7, 11) is 0. The first-order valence-corrected chi connectivity index (χ1v) is 8.61. The van der Waals surface area contributed by atoms with Crippen molar-refractivity contribution >= 4 is 11.9 Å². The average molecular weight is 315 g/mol. The maximum Gasteiger partial charge on any atom is 0.303 e. The highest BCUT2D eigenvalue weighted by atomic mass is 16.4. The minimum atomic E-state index is -0.715. The average Bonchev–Trinajstić information content (AvgIpc) is 2.47. The van der Waals surface area contributed by atoms with Gasteiger partial charge in [0.1, 0.15) is 0 Å². The van der Waals surface area contributed by atoms with E-state index in [9.17, 15) is 9.59 Å². The van der Waals surface area contributed by atoms with Gasteiger partial charge in [0.15, 0.2) is 0 Å². The summed E-state index contributed by atoms with van der Waals surface area (Å²) in [5.41, 5.74) is 0.540. The number of unbranched alkanes of at least 4 members (excludes halogenated alkanes) is 5. The number of carboxylic acids is 1. The second-order valence-corrected chi connectivity index (χ2v) is 5.01. The van der Waals surface area contributed by atoms with E-state index in [1.54, 1.807) is 6.92 Å². The number of hydrogen-bond acceptors (Lipinski definition) is 2. The molecule has 0 aromatic heterocycles. The molecule has 4 heteroatoms. The van der Waals surface area contributed by atoms with Gasteiger partial charge in [-0.15, -0.1) is 0 Å². The Labute approximate surface area is 137 Å². The molecular weight excluding hydrogens is 278 g/mol. The van der Waals surface area contributed by atoms with Gasteiger partial charge in [-0.1, -0.05) is 66.4 Å². The third-order valence-corrected chi connectivity index (χ3v) is 2.49. The zero-order chi connectivity index (χ0) is 17.8. The Bertz CT molecular complexity index is 276. The lowest BCUT2D eigenvalue weighted by atomic mass is 10.1. The molecule has 0 fully saturated rings. The van der Waals surface area contributed by atoms with Crippen molar-refractivity contribution in [3.05, 3.63) is 12.2 Å². The highest BCUT2D eigenvalue weighted by Crippen LogP contribution is 2.06. The molecule has 0 saturated heterocycles. The number of hydrogen-bond donors (Lipinski definition) is 2. The van der Waals surface area contributed by atoms with Crippen molar-refractivity contribution in [2.24, 2.45) is 0 Å². The zero-order valence-corrected chi connectivity index (χ0v) is 15.3. The van der Waals surface area contributed by atoms with E-state index >= 15 is 0 Å². The Balaban J connectivity index is -0.000000637. The summed E-state index contributed by atoms with van der Waals surface area (Å²) in [6.45, 7) is 14.2. The van der Waals surface area contributed by atoms with E-state index in [0.717, 1.165) is 38.5 Å². The topological polar surface area (TPSA) is 66.4 Å². The van der Waals surface area contributed by atoms with Crippen molar-refractivity contribution in [3.8, 4) is 0 Å². The monoisotopic (exact) mass is 315 g/mol. The van der Waals surface area contributed by atoms with Crippen LogP contribution in [0, 0.1) is 0 Å². The van der Waals surface area contributed by atoms with Crippen molar-refractivity contribution in [1.82, 2.24) is 5.32 Å². The Morgan fingerprint density at radius 3 is 1.77 bits per heavy atom. The molecule has 0 spiro atoms. The van der Waals surface area contributed by atoms with E-state index in [-0.39, 0.29) is 12.3 Å². The molecule has 0 aromatic carbocycles. The summed E-state index contributed by atoms with van der Waals surface area (Å²) < 4.78 is 0. The first kappa shape index (κ1) is 25.6. The van der Waals surface area contributed by atoms with Gasteiger partial charge in [-0.2, -0.15) is 0 Å². The Morgan fingerprint density at radius 1 is 0.955 bits per heavy atom. The first-order chi connectivity index (χ1) is 10.5. The molecule has 0 atom stereocenters. The van der Waals surface area contributed by atoms with Crippen LogP contribution in [0.15, 0.2) is 12.2 Å². The lowest BCUT2D eigenvalue weighted by Gasteiger charge is -2.04. The summed E-state index contributed by atoms with van der Waals surface area (Å²) in [4.78, 5) is 21.4. The second-order valence-electron chi connectivity index (χ2n) is 5.01. The maximum absolute atomic E-state index is 11.1. The van der Waals surface area contributed by atoms with Gasteiger partial charge in [0.05, 0.1) is 0 Å². The molecule has 4 nitrogen and oxygen atoms in total. The van der Waals surface area contributed by atoms with Crippen LogP contribution in [-0.4, -0.2) is 23.5 Å². The van der Waals surface area contributed by atoms with E-state index in [4.69, 9.17) is 5.11 Å². The van der Waals surface area contributed by atoms with Crippen LogP contribution in [0.4, 0.5) is 0 Å². The molecule has 0 aromatic rings. The van der Waals surface area contributed by atoms with Crippen LogP contribution in [0.2, 0.25) is 0 Å². The van der Waals surface area contributed by atoms with Crippen molar-refractivity contribution in [1.29, 1.82) is 0 Å². The van der Waals surface area contributed by atoms with Crippen LogP contribution in [0.5, 0.6) is 0 Å². The van der Waals surface area contributed by atoms with Gasteiger partial charge in [0.2, 0.25) is 5.91 Å². The predicted octanol–water partition coefficient (Wildman–Crippen LogP) is 4.94. The van der Waals surface area contributed by atoms with Gasteiger partial charge in [-0.25, -0.2) is 0 Å². The van der Waals surface area contributed by atoms with Crippen molar-refractivity contribution in [2.75, 3.05) is 6.54 Å². The predicted molar refractivity (Wildman–Crippen MR) is 95.1 cm³/mol. The molecule has 2 N–H and O–H groups in total. The zero-order valence-electron chi connectivity index (χ0n) is 15.3. The summed E-state index contributed by atoms with van der Waals surface area (Å²) in [6, 6.07) is 0. The lowest BCUT2D eigenvalue weighted by molar-refractivity contribution is -0.137. The van der Waals surface area contributed by atoms with Crippen LogP contribution in [-0.2, 0) is 9.59 Å². The maximum atomic E-state index is 11.1. The molecule has 0 bridgehead atoms. The van der Waals surface area contributed by atoms with Gasteiger partial charge in [-0.05, 0) is 19.8 Å². The normalized spacial score (nSPS) is 8.77. The molecule has 132 valence electrons. The third-order valence-electron chi connectivity index (χ3n) is 2.49. The first-order valence-electron chi connectivity index (χ1n) is 8.61. The van der Waals surface area contributed by atoms with Crippen LogP contribution in [0.25, 0.3) is 0 Å². The number of aliphatic carboxylic acids is 1. The van der Waals surface area contributed by atoms with Gasteiger partial charge in [0, 0.05) is 18.5 Å². The smallest absolute Gasteiger partial charge is 0.303 e. The van der Waals surface area contributed by atoms with Crippen LogP contribution in [0.3, 0.4) is 0 Å². The van der Waals surface area contributed by atoms with E-state index < -0.39 is 5.97 Å². The van der Waals surface area contributed by atoms with Gasteiger partial charge in [0.25, 0.3) is 0 Å². The molecule has 22 heavy (non-hydrogen) atoms. The molecule has 0 aliphatic rings. The fraction of sp³-hybridized carbons (Fsp3) is 0.778. The van der Waals surface area contributed by atoms with Gasteiger partial charge >= 0.3 is 5.97 Å². The standard InChI is InChI=1S/C13H23NO3.C3H8.C2H6/c1-11(2)13(17)14-10-8-6-4-3-5-7-9-12(15)16;1-3-2;1-2/h1,3-10H2,2H3,(H,14,17)(H,15,16);3H2,1-2H3;1-2H3. The molecule has 0 saturated carbocycles. The molecule has 0 aliphatic heterocycles. The third kappa shape index (κ3) is 27.1. The molecule has 0 heterocycles. The minimum Gasteiger partial charge on any atom is -0.481 e. The molecule has 0 unspecified atom stereocenters. The molecule has 0 radical (unpaired) electrons. The summed E-state index contributed by atoms with van der Waals surface area (Å²) in [5, 5.41) is 11.2. The van der Waals surface area contributed by atoms with Crippen molar-refractivity contribution in [3.63, 3.8) is 0 Å². The summed E-state index contributed by atoms with van der Waals surface area (Å²) in [5.74, 6) is -0.793. The Morgan fingerprint density at radius 2 is 1.36 bits per heavy atom. The Kier molecular flexibility index (Phi) is 25.6. The summed E-state index contributed by atoms with van der Waals surface area (Å²) in [6.07, 6.45) is 7.48. The molecule has 1 amide bonds. The lowest BCUT2D eigenvalue weighted by Crippen LogP contribution is -2.24. The fourth-order valence-electron chi connectivity index (χ4n) is 1.46. The highest BCUT2D eigenvalue weighted by molar-refractivity contribution is 5.91. The fourth-order valence-corrected chi connectivity index (χ4v) is 1.46. The number of carbonyl (C=O) groups excluding carboxylic acids is 1. The highest BCUT2D eigenvalue weighted by Gasteiger charge is 1.99. The number of rotatable bonds is 10. The van der Waals surface area contributed by atoms with Crippen LogP contribution >= 0.6 is 0 Å². The quantitative estimate of drug-likeness (QED) is 0.443. The number of nitrogens with one attached hydrogen (secondary N) is 1. The molecule has 0 rings (SSSR count). The Hall–Kier alpha value is -1.32. The molecular formula is C18H37NO3. The van der Waals surface area contributed by atoms with Crippen LogP contribution in [0.1, 0.15) is 86.0 Å². The van der Waals surface area contributed by atoms with Crippen molar-refractivity contribution < 1.29 is 14.7 Å². The van der Waals surface area contributed by atoms with E-state index in [2.05, 4.69) is 25.7 Å². The van der Waals surface area contributed by atoms with E-state index in [0.29, 0.717) is 12.1 Å². The summed E-state index contributed by atoms with van der Waals surface area (Å²) >= 11 is 0. The largest absolute Gasteiger partial charge is 0.481 e. The van der Waals surface area contributed by atoms with Gasteiger partial charge in [-0.3, -0.25) is 9.59 Å². The van der Waals surface area contributed by atoms with Crippen molar-refractivity contribution in [2.45, 2.75) is 86.0 Å².